The summed E-state index contributed by atoms with van der Waals surface area (Å²) in [6.07, 6.45) is 5.37. The Hall–Kier alpha value is -1.65. The third-order valence-corrected chi connectivity index (χ3v) is 3.38. The van der Waals surface area contributed by atoms with E-state index in [0.29, 0.717) is 5.89 Å². The fourth-order valence-electron chi connectivity index (χ4n) is 2.11. The van der Waals surface area contributed by atoms with Crippen LogP contribution < -0.4 is 0 Å². The van der Waals surface area contributed by atoms with Gasteiger partial charge in [0.05, 0.1) is 5.69 Å². The number of rotatable bonds is 8. The maximum absolute atomic E-state index is 8.98. The number of aromatic nitrogens is 1. The lowest BCUT2D eigenvalue weighted by molar-refractivity contribution is 0.141. The molecule has 2 rings (SSSR count). The number of oxazole rings is 1. The minimum Gasteiger partial charge on any atom is -0.444 e. The molecule has 4 nitrogen and oxygen atoms in total. The van der Waals surface area contributed by atoms with E-state index in [9.17, 15) is 0 Å². The van der Waals surface area contributed by atoms with Crippen LogP contribution in [0.15, 0.2) is 41.0 Å². The second-order valence-corrected chi connectivity index (χ2v) is 4.99. The van der Waals surface area contributed by atoms with Crippen LogP contribution in [0.2, 0.25) is 0 Å². The summed E-state index contributed by atoms with van der Waals surface area (Å²) >= 11 is 0. The SMILES string of the molecule is OCC(CO)CCCCc1coc(-c2ccccc2)n1. The lowest BCUT2D eigenvalue weighted by Gasteiger charge is -2.09. The van der Waals surface area contributed by atoms with E-state index in [0.717, 1.165) is 36.9 Å². The monoisotopic (exact) mass is 275 g/mol. The number of aliphatic hydroxyl groups is 2. The molecule has 0 unspecified atom stereocenters. The van der Waals surface area contributed by atoms with Crippen molar-refractivity contribution in [3.63, 3.8) is 0 Å². The van der Waals surface area contributed by atoms with E-state index in [1.807, 2.05) is 30.3 Å². The molecule has 20 heavy (non-hydrogen) atoms. The summed E-state index contributed by atoms with van der Waals surface area (Å²) < 4.78 is 5.48. The summed E-state index contributed by atoms with van der Waals surface area (Å²) in [5.41, 5.74) is 1.94. The van der Waals surface area contributed by atoms with Gasteiger partial charge in [-0.2, -0.15) is 0 Å². The predicted octanol–water partition coefficient (Wildman–Crippen LogP) is 2.66. The maximum Gasteiger partial charge on any atom is 0.226 e. The number of hydrogen-bond acceptors (Lipinski definition) is 4. The molecule has 4 heteroatoms. The number of hydrogen-bond donors (Lipinski definition) is 2. The molecule has 2 aromatic rings. The molecule has 108 valence electrons. The molecular formula is C16H21NO3. The molecule has 0 aliphatic heterocycles. The standard InChI is InChI=1S/C16H21NO3/c18-10-13(11-19)6-4-5-9-15-12-20-16(17-15)14-7-2-1-3-8-14/h1-3,7-8,12-13,18-19H,4-6,9-11H2. The second-order valence-electron chi connectivity index (χ2n) is 4.99. The normalized spacial score (nSPS) is 11.2. The summed E-state index contributed by atoms with van der Waals surface area (Å²) in [7, 11) is 0. The van der Waals surface area contributed by atoms with Gasteiger partial charge in [-0.25, -0.2) is 4.98 Å². The second kappa shape index (κ2) is 7.82. The van der Waals surface area contributed by atoms with Crippen molar-refractivity contribution in [1.29, 1.82) is 0 Å². The Kier molecular flexibility index (Phi) is 5.77. The van der Waals surface area contributed by atoms with Gasteiger partial charge in [0.25, 0.3) is 0 Å². The molecule has 0 aliphatic carbocycles. The summed E-state index contributed by atoms with van der Waals surface area (Å²) in [4.78, 5) is 4.47. The van der Waals surface area contributed by atoms with Crippen LogP contribution in [0.1, 0.15) is 25.0 Å². The number of benzene rings is 1. The van der Waals surface area contributed by atoms with Crippen molar-refractivity contribution >= 4 is 0 Å². The first kappa shape index (κ1) is 14.8. The molecule has 0 amide bonds. The van der Waals surface area contributed by atoms with E-state index in [2.05, 4.69) is 4.98 Å². The van der Waals surface area contributed by atoms with E-state index in [-0.39, 0.29) is 19.1 Å². The average Bonchev–Trinajstić information content (AvgIpc) is 2.97. The molecule has 1 aromatic heterocycles. The van der Waals surface area contributed by atoms with Gasteiger partial charge in [-0.15, -0.1) is 0 Å². The van der Waals surface area contributed by atoms with Gasteiger partial charge in [0.1, 0.15) is 6.26 Å². The molecule has 1 heterocycles. The molecule has 0 atom stereocenters. The fraction of sp³-hybridized carbons (Fsp3) is 0.438. The highest BCUT2D eigenvalue weighted by molar-refractivity contribution is 5.52. The Morgan fingerprint density at radius 2 is 1.80 bits per heavy atom. The smallest absolute Gasteiger partial charge is 0.226 e. The van der Waals surface area contributed by atoms with Crippen LogP contribution in [-0.4, -0.2) is 28.4 Å². The summed E-state index contributed by atoms with van der Waals surface area (Å²) in [6.45, 7) is 0.108. The first-order valence-corrected chi connectivity index (χ1v) is 7.05. The molecule has 0 saturated heterocycles. The van der Waals surface area contributed by atoms with Gasteiger partial charge in [0.15, 0.2) is 0 Å². The summed E-state index contributed by atoms with van der Waals surface area (Å²) in [5.74, 6) is 0.663. The van der Waals surface area contributed by atoms with Crippen molar-refractivity contribution in [2.45, 2.75) is 25.7 Å². The molecule has 0 saturated carbocycles. The zero-order chi connectivity index (χ0) is 14.2. The molecule has 0 fully saturated rings. The van der Waals surface area contributed by atoms with Crippen LogP contribution in [0.3, 0.4) is 0 Å². The average molecular weight is 275 g/mol. The van der Waals surface area contributed by atoms with Crippen LogP contribution in [0.5, 0.6) is 0 Å². The molecule has 0 radical (unpaired) electrons. The molecule has 1 aromatic carbocycles. The first-order chi connectivity index (χ1) is 9.83. The highest BCUT2D eigenvalue weighted by atomic mass is 16.3. The van der Waals surface area contributed by atoms with Crippen LogP contribution in [0.4, 0.5) is 0 Å². The van der Waals surface area contributed by atoms with Crippen molar-refractivity contribution in [1.82, 2.24) is 4.98 Å². The largest absolute Gasteiger partial charge is 0.444 e. The summed E-state index contributed by atoms with van der Waals surface area (Å²) in [5, 5.41) is 18.0. The third kappa shape index (κ3) is 4.18. The Balaban J connectivity index is 1.79. The Bertz CT molecular complexity index is 491. The highest BCUT2D eigenvalue weighted by Gasteiger charge is 2.08. The van der Waals surface area contributed by atoms with Crippen molar-refractivity contribution in [2.75, 3.05) is 13.2 Å². The molecule has 0 spiro atoms. The summed E-state index contributed by atoms with van der Waals surface area (Å²) in [6, 6.07) is 9.84. The third-order valence-electron chi connectivity index (χ3n) is 3.38. The van der Waals surface area contributed by atoms with E-state index in [1.54, 1.807) is 6.26 Å². The Morgan fingerprint density at radius 3 is 2.50 bits per heavy atom. The number of aliphatic hydroxyl groups excluding tert-OH is 2. The van der Waals surface area contributed by atoms with Crippen molar-refractivity contribution in [2.24, 2.45) is 5.92 Å². The van der Waals surface area contributed by atoms with Crippen LogP contribution >= 0.6 is 0 Å². The van der Waals surface area contributed by atoms with Gasteiger partial charge in [0, 0.05) is 24.7 Å². The van der Waals surface area contributed by atoms with Crippen LogP contribution in [0, 0.1) is 5.92 Å². The van der Waals surface area contributed by atoms with E-state index < -0.39 is 0 Å². The van der Waals surface area contributed by atoms with Gasteiger partial charge < -0.3 is 14.6 Å². The van der Waals surface area contributed by atoms with Gasteiger partial charge in [0.2, 0.25) is 5.89 Å². The number of unbranched alkanes of at least 4 members (excludes halogenated alkanes) is 1. The molecule has 2 N–H and O–H groups in total. The van der Waals surface area contributed by atoms with Gasteiger partial charge in [-0.3, -0.25) is 0 Å². The lowest BCUT2D eigenvalue weighted by Crippen LogP contribution is -2.10. The zero-order valence-electron chi connectivity index (χ0n) is 11.5. The molecule has 0 bridgehead atoms. The lowest BCUT2D eigenvalue weighted by atomic mass is 10.0. The predicted molar refractivity (Wildman–Crippen MR) is 77.2 cm³/mol. The Labute approximate surface area is 119 Å². The van der Waals surface area contributed by atoms with Crippen molar-refractivity contribution in [3.8, 4) is 11.5 Å². The highest BCUT2D eigenvalue weighted by Crippen LogP contribution is 2.19. The van der Waals surface area contributed by atoms with E-state index in [4.69, 9.17) is 14.6 Å². The Morgan fingerprint density at radius 1 is 1.05 bits per heavy atom. The fourth-order valence-corrected chi connectivity index (χ4v) is 2.11. The van der Waals surface area contributed by atoms with Gasteiger partial charge in [-0.05, 0) is 31.4 Å². The topological polar surface area (TPSA) is 66.5 Å². The number of nitrogens with zero attached hydrogens (tertiary/aromatic N) is 1. The minimum atomic E-state index is 0.00666. The number of aryl methyl sites for hydroxylation is 1. The molecule has 0 aliphatic rings. The van der Waals surface area contributed by atoms with Gasteiger partial charge in [-0.1, -0.05) is 24.6 Å². The molecular weight excluding hydrogens is 254 g/mol. The first-order valence-electron chi connectivity index (χ1n) is 7.05. The van der Waals surface area contributed by atoms with Crippen molar-refractivity contribution in [3.05, 3.63) is 42.3 Å². The zero-order valence-corrected chi connectivity index (χ0v) is 11.5. The van der Waals surface area contributed by atoms with Crippen LogP contribution in [0.25, 0.3) is 11.5 Å². The van der Waals surface area contributed by atoms with Crippen LogP contribution in [-0.2, 0) is 6.42 Å². The van der Waals surface area contributed by atoms with Gasteiger partial charge >= 0.3 is 0 Å². The maximum atomic E-state index is 8.98. The quantitative estimate of drug-likeness (QED) is 0.727. The van der Waals surface area contributed by atoms with E-state index in [1.165, 1.54) is 0 Å². The van der Waals surface area contributed by atoms with E-state index >= 15 is 0 Å². The van der Waals surface area contributed by atoms with Crippen molar-refractivity contribution < 1.29 is 14.6 Å². The minimum absolute atomic E-state index is 0.00666.